The molecular weight excluding hydrogens is 440 g/mol. The van der Waals surface area contributed by atoms with E-state index in [9.17, 15) is 4.79 Å². The summed E-state index contributed by atoms with van der Waals surface area (Å²) in [5.41, 5.74) is 2.19. The van der Waals surface area contributed by atoms with E-state index in [1.165, 1.54) is 23.6 Å². The first-order chi connectivity index (χ1) is 15.0. The molecule has 0 aliphatic carbocycles. The Bertz CT molecular complexity index is 1160. The van der Waals surface area contributed by atoms with E-state index in [-0.39, 0.29) is 11.8 Å². The maximum Gasteiger partial charge on any atom is 0.247 e. The highest BCUT2D eigenvalue weighted by atomic mass is 35.5. The number of methoxy groups -OCH3 is 2. The zero-order valence-electron chi connectivity index (χ0n) is 17.2. The minimum atomic E-state index is -0.870. The Morgan fingerprint density at radius 3 is 2.65 bits per heavy atom. The van der Waals surface area contributed by atoms with Crippen LogP contribution in [-0.2, 0) is 4.79 Å². The van der Waals surface area contributed by atoms with Gasteiger partial charge in [-0.2, -0.15) is 4.98 Å². The number of nitrogens with zero attached hydrogens (tertiary/aromatic N) is 4. The van der Waals surface area contributed by atoms with Gasteiger partial charge in [0.05, 0.1) is 25.5 Å². The summed E-state index contributed by atoms with van der Waals surface area (Å²) in [5.74, 6) is 1.12. The Kier molecular flexibility index (Phi) is 5.88. The Labute approximate surface area is 188 Å². The first-order valence-electron chi connectivity index (χ1n) is 9.23. The number of fused-ring (bicyclic) bond motifs is 3. The number of aromatic nitrogens is 3. The van der Waals surface area contributed by atoms with Crippen LogP contribution in [0.2, 0.25) is 5.02 Å². The molecule has 1 amide bonds. The number of hydrogen-bond donors (Lipinski definition) is 0. The first-order valence-corrected chi connectivity index (χ1v) is 10.8. The lowest BCUT2D eigenvalue weighted by atomic mass is 10.1. The van der Waals surface area contributed by atoms with Crippen molar-refractivity contribution in [2.45, 2.75) is 18.3 Å². The third-order valence-corrected chi connectivity index (χ3v) is 5.57. The molecule has 2 aromatic carbocycles. The molecule has 0 unspecified atom stereocenters. The number of benzene rings is 2. The fourth-order valence-electron chi connectivity index (χ4n) is 3.39. The predicted octanol–water partition coefficient (Wildman–Crippen LogP) is 4.38. The van der Waals surface area contributed by atoms with Crippen molar-refractivity contribution < 1.29 is 19.0 Å². The maximum atomic E-state index is 12.9. The van der Waals surface area contributed by atoms with Crippen LogP contribution < -0.4 is 19.1 Å². The molecule has 160 valence electrons. The van der Waals surface area contributed by atoms with Gasteiger partial charge < -0.3 is 14.2 Å². The quantitative estimate of drug-likeness (QED) is 0.532. The summed E-state index contributed by atoms with van der Waals surface area (Å²) in [6, 6.07) is 10.5. The monoisotopic (exact) mass is 458 g/mol. The Hall–Kier alpha value is -3.04. The van der Waals surface area contributed by atoms with Gasteiger partial charge in [0.15, 0.2) is 5.69 Å². The standard InChI is InChI=1S/C21H19ClN4O4S/c1-11(27)26-16-8-5-12(22)9-15(16)18-19(23-21(31-4)25-24-18)30-20(26)14-7-6-13(28-2)10-17(14)29-3/h5-10,20H,1-4H3/t20-/m0/s1. The van der Waals surface area contributed by atoms with Crippen LogP contribution in [0.5, 0.6) is 17.4 Å². The number of hydrogen-bond acceptors (Lipinski definition) is 8. The summed E-state index contributed by atoms with van der Waals surface area (Å²) in [5, 5.41) is 9.39. The van der Waals surface area contributed by atoms with Gasteiger partial charge in [-0.3, -0.25) is 9.69 Å². The SMILES string of the molecule is COc1ccc([C@@H]2Oc3nc(SC)nnc3-c3cc(Cl)ccc3N2C(C)=O)c(OC)c1. The lowest BCUT2D eigenvalue weighted by Crippen LogP contribution is -2.36. The zero-order valence-corrected chi connectivity index (χ0v) is 18.8. The van der Waals surface area contributed by atoms with Gasteiger partial charge in [-0.05, 0) is 36.6 Å². The molecule has 0 radical (unpaired) electrons. The number of rotatable bonds is 4. The molecule has 0 spiro atoms. The second-order valence-corrected chi connectivity index (χ2v) is 7.79. The zero-order chi connectivity index (χ0) is 22.1. The summed E-state index contributed by atoms with van der Waals surface area (Å²) in [6.45, 7) is 1.47. The Morgan fingerprint density at radius 2 is 1.97 bits per heavy atom. The van der Waals surface area contributed by atoms with Crippen molar-refractivity contribution in [3.8, 4) is 28.6 Å². The third-order valence-electron chi connectivity index (χ3n) is 4.79. The highest BCUT2D eigenvalue weighted by Crippen LogP contribution is 2.46. The van der Waals surface area contributed by atoms with Crippen LogP contribution in [0, 0.1) is 0 Å². The van der Waals surface area contributed by atoms with Gasteiger partial charge in [0.2, 0.25) is 23.2 Å². The van der Waals surface area contributed by atoms with Gasteiger partial charge in [-0.15, -0.1) is 10.2 Å². The van der Waals surface area contributed by atoms with Crippen LogP contribution in [0.25, 0.3) is 11.3 Å². The lowest BCUT2D eigenvalue weighted by molar-refractivity contribution is -0.118. The predicted molar refractivity (Wildman–Crippen MR) is 118 cm³/mol. The van der Waals surface area contributed by atoms with Gasteiger partial charge in [0.25, 0.3) is 0 Å². The van der Waals surface area contributed by atoms with Crippen molar-refractivity contribution in [2.24, 2.45) is 0 Å². The van der Waals surface area contributed by atoms with Crippen LogP contribution in [0.3, 0.4) is 0 Å². The van der Waals surface area contributed by atoms with Crippen molar-refractivity contribution in [1.29, 1.82) is 0 Å². The molecular formula is C21H19ClN4O4S. The van der Waals surface area contributed by atoms with Gasteiger partial charge in [0.1, 0.15) is 11.5 Å². The minimum absolute atomic E-state index is 0.239. The molecule has 4 rings (SSSR count). The smallest absolute Gasteiger partial charge is 0.247 e. The molecule has 0 fully saturated rings. The van der Waals surface area contributed by atoms with Crippen molar-refractivity contribution in [3.63, 3.8) is 0 Å². The average Bonchev–Trinajstić information content (AvgIpc) is 2.92. The van der Waals surface area contributed by atoms with E-state index in [1.807, 2.05) is 6.26 Å². The van der Waals surface area contributed by atoms with Gasteiger partial charge in [-0.25, -0.2) is 0 Å². The van der Waals surface area contributed by atoms with Crippen LogP contribution in [0.4, 0.5) is 5.69 Å². The second kappa shape index (κ2) is 8.60. The third kappa shape index (κ3) is 3.86. The van der Waals surface area contributed by atoms with Crippen molar-refractivity contribution in [1.82, 2.24) is 15.2 Å². The van der Waals surface area contributed by atoms with E-state index in [4.69, 9.17) is 25.8 Å². The molecule has 1 aliphatic rings. The first kappa shape index (κ1) is 21.2. The molecule has 2 heterocycles. The van der Waals surface area contributed by atoms with Crippen molar-refractivity contribution >= 4 is 35.0 Å². The van der Waals surface area contributed by atoms with Crippen LogP contribution in [-0.4, -0.2) is 41.6 Å². The Morgan fingerprint density at radius 1 is 1.16 bits per heavy atom. The molecule has 0 N–H and O–H groups in total. The van der Waals surface area contributed by atoms with Crippen molar-refractivity contribution in [2.75, 3.05) is 25.4 Å². The summed E-state index contributed by atoms with van der Waals surface area (Å²) in [7, 11) is 3.12. The molecule has 3 aromatic rings. The molecule has 1 atom stereocenters. The minimum Gasteiger partial charge on any atom is -0.497 e. The van der Waals surface area contributed by atoms with E-state index >= 15 is 0 Å². The molecule has 0 saturated carbocycles. The normalized spacial score (nSPS) is 14.7. The summed E-state index contributed by atoms with van der Waals surface area (Å²) >= 11 is 7.60. The van der Waals surface area contributed by atoms with Gasteiger partial charge >= 0.3 is 0 Å². The second-order valence-electron chi connectivity index (χ2n) is 6.58. The summed E-state index contributed by atoms with van der Waals surface area (Å²) < 4.78 is 17.2. The summed E-state index contributed by atoms with van der Waals surface area (Å²) in [4.78, 5) is 18.9. The van der Waals surface area contributed by atoms with Crippen LogP contribution in [0.15, 0.2) is 41.6 Å². The van der Waals surface area contributed by atoms with E-state index in [0.717, 1.165) is 0 Å². The number of ether oxygens (including phenoxy) is 3. The number of halogens is 1. The number of carbonyl (C=O) groups excluding carboxylic acids is 1. The van der Waals surface area contributed by atoms with Crippen molar-refractivity contribution in [3.05, 3.63) is 47.0 Å². The molecule has 10 heteroatoms. The van der Waals surface area contributed by atoms with Gasteiger partial charge in [-0.1, -0.05) is 23.4 Å². The van der Waals surface area contributed by atoms with E-state index < -0.39 is 6.23 Å². The van der Waals surface area contributed by atoms with Gasteiger partial charge in [0, 0.05) is 23.6 Å². The summed E-state index contributed by atoms with van der Waals surface area (Å²) in [6.07, 6.45) is 0.975. The average molecular weight is 459 g/mol. The highest BCUT2D eigenvalue weighted by molar-refractivity contribution is 7.98. The number of amides is 1. The molecule has 0 saturated heterocycles. The highest BCUT2D eigenvalue weighted by Gasteiger charge is 2.36. The molecule has 31 heavy (non-hydrogen) atoms. The van der Waals surface area contributed by atoms with E-state index in [2.05, 4.69) is 15.2 Å². The fraction of sp³-hybridized carbons (Fsp3) is 0.238. The molecule has 8 nitrogen and oxygen atoms in total. The fourth-order valence-corrected chi connectivity index (χ4v) is 3.86. The number of anilines is 1. The topological polar surface area (TPSA) is 86.7 Å². The van der Waals surface area contributed by atoms with E-state index in [0.29, 0.717) is 44.2 Å². The number of carbonyl (C=O) groups is 1. The van der Waals surface area contributed by atoms with E-state index in [1.54, 1.807) is 50.6 Å². The van der Waals surface area contributed by atoms with Crippen LogP contribution in [0.1, 0.15) is 18.7 Å². The molecule has 1 aliphatic heterocycles. The maximum absolute atomic E-state index is 12.9. The van der Waals surface area contributed by atoms with Crippen LogP contribution >= 0.6 is 23.4 Å². The lowest BCUT2D eigenvalue weighted by Gasteiger charge is -2.30. The Balaban J connectivity index is 2.00. The number of thioether (sulfide) groups is 1. The molecule has 1 aromatic heterocycles. The largest absolute Gasteiger partial charge is 0.497 e. The molecule has 0 bridgehead atoms.